The van der Waals surface area contributed by atoms with Crippen LogP contribution in [0.3, 0.4) is 0 Å². The van der Waals surface area contributed by atoms with Crippen LogP contribution in [0.1, 0.15) is 25.3 Å². The molecule has 1 amide bonds. The van der Waals surface area contributed by atoms with Crippen LogP contribution in [-0.4, -0.2) is 22.2 Å². The van der Waals surface area contributed by atoms with Crippen molar-refractivity contribution < 1.29 is 9.53 Å². The predicted octanol–water partition coefficient (Wildman–Crippen LogP) is 3.55. The highest BCUT2D eigenvalue weighted by molar-refractivity contribution is 7.15. The second-order valence-corrected chi connectivity index (χ2v) is 5.90. The number of carbonyl (C=O) groups excluding carboxylic acids is 1. The maximum Gasteiger partial charge on any atom is 0.266 e. The molecule has 7 heteroatoms. The van der Waals surface area contributed by atoms with Crippen molar-refractivity contribution in [2.24, 2.45) is 0 Å². The summed E-state index contributed by atoms with van der Waals surface area (Å²) in [6, 6.07) is 7.03. The van der Waals surface area contributed by atoms with E-state index in [0.29, 0.717) is 15.9 Å². The Kier molecular flexibility index (Phi) is 5.52. The fourth-order valence-corrected chi connectivity index (χ4v) is 2.63. The van der Waals surface area contributed by atoms with Crippen molar-refractivity contribution in [1.29, 1.82) is 0 Å². The van der Waals surface area contributed by atoms with Gasteiger partial charge in [0.05, 0.1) is 5.02 Å². The van der Waals surface area contributed by atoms with Gasteiger partial charge in [0.2, 0.25) is 5.13 Å². The highest BCUT2D eigenvalue weighted by Gasteiger charge is 2.17. The van der Waals surface area contributed by atoms with Crippen molar-refractivity contribution in [3.63, 3.8) is 0 Å². The van der Waals surface area contributed by atoms with Gasteiger partial charge in [-0.3, -0.25) is 10.1 Å². The molecular weight excluding hydrogens is 310 g/mol. The monoisotopic (exact) mass is 325 g/mol. The molecule has 1 aromatic carbocycles. The number of hydrogen-bond acceptors (Lipinski definition) is 5. The number of ether oxygens (including phenoxy) is 1. The number of benzene rings is 1. The minimum Gasteiger partial charge on any atom is -0.479 e. The lowest BCUT2D eigenvalue weighted by atomic mass is 10.3. The Bertz CT molecular complexity index is 618. The average molecular weight is 326 g/mol. The van der Waals surface area contributed by atoms with Crippen LogP contribution in [0, 0.1) is 0 Å². The lowest BCUT2D eigenvalue weighted by Gasteiger charge is -2.14. The summed E-state index contributed by atoms with van der Waals surface area (Å²) in [6.45, 7) is 3.73. The molecule has 0 saturated carbocycles. The summed E-state index contributed by atoms with van der Waals surface area (Å²) in [5, 5.41) is 12.5. The predicted molar refractivity (Wildman–Crippen MR) is 84.1 cm³/mol. The Morgan fingerprint density at radius 3 is 2.90 bits per heavy atom. The fourth-order valence-electron chi connectivity index (χ4n) is 1.61. The summed E-state index contributed by atoms with van der Waals surface area (Å²) in [7, 11) is 0. The number of nitrogens with one attached hydrogen (secondary N) is 1. The number of amides is 1. The van der Waals surface area contributed by atoms with Gasteiger partial charge in [-0.25, -0.2) is 0 Å². The third kappa shape index (κ3) is 4.41. The summed E-state index contributed by atoms with van der Waals surface area (Å²) < 4.78 is 5.55. The van der Waals surface area contributed by atoms with E-state index in [1.54, 1.807) is 31.2 Å². The molecule has 0 saturated heterocycles. The minimum atomic E-state index is -0.677. The van der Waals surface area contributed by atoms with Crippen LogP contribution < -0.4 is 10.1 Å². The third-order valence-corrected chi connectivity index (χ3v) is 3.88. The number of para-hydroxylation sites is 1. The van der Waals surface area contributed by atoms with E-state index >= 15 is 0 Å². The number of aryl methyl sites for hydroxylation is 1. The van der Waals surface area contributed by atoms with E-state index in [4.69, 9.17) is 16.3 Å². The first-order valence-electron chi connectivity index (χ1n) is 6.64. The van der Waals surface area contributed by atoms with Crippen molar-refractivity contribution in [3.8, 4) is 5.75 Å². The van der Waals surface area contributed by atoms with Gasteiger partial charge in [-0.15, -0.1) is 10.2 Å². The Morgan fingerprint density at radius 1 is 1.43 bits per heavy atom. The van der Waals surface area contributed by atoms with Gasteiger partial charge in [-0.1, -0.05) is 42.0 Å². The first kappa shape index (κ1) is 15.7. The average Bonchev–Trinajstić information content (AvgIpc) is 2.89. The van der Waals surface area contributed by atoms with Gasteiger partial charge < -0.3 is 4.74 Å². The summed E-state index contributed by atoms with van der Waals surface area (Å²) in [5.74, 6) is 0.194. The SMILES string of the molecule is CCCc1nnc(NC(=O)[C@H](C)Oc2ccccc2Cl)s1. The molecule has 0 aliphatic heterocycles. The Morgan fingerprint density at radius 2 is 2.19 bits per heavy atom. The van der Waals surface area contributed by atoms with Gasteiger partial charge in [0.25, 0.3) is 5.91 Å². The molecule has 2 rings (SSSR count). The number of hydrogen-bond donors (Lipinski definition) is 1. The van der Waals surface area contributed by atoms with Crippen LogP contribution in [0.2, 0.25) is 5.02 Å². The van der Waals surface area contributed by atoms with Crippen LogP contribution >= 0.6 is 22.9 Å². The molecule has 0 unspecified atom stereocenters. The number of anilines is 1. The summed E-state index contributed by atoms with van der Waals surface area (Å²) >= 11 is 7.37. The lowest BCUT2D eigenvalue weighted by Crippen LogP contribution is -2.30. The maximum absolute atomic E-state index is 12.1. The van der Waals surface area contributed by atoms with Crippen molar-refractivity contribution in [3.05, 3.63) is 34.3 Å². The molecule has 0 spiro atoms. The van der Waals surface area contributed by atoms with Crippen LogP contribution in [0.15, 0.2) is 24.3 Å². The summed E-state index contributed by atoms with van der Waals surface area (Å²) in [5.41, 5.74) is 0. The molecule has 1 N–H and O–H groups in total. The van der Waals surface area contributed by atoms with Crippen LogP contribution in [0.25, 0.3) is 0 Å². The number of aromatic nitrogens is 2. The van der Waals surface area contributed by atoms with Gasteiger partial charge in [0.15, 0.2) is 6.10 Å². The van der Waals surface area contributed by atoms with Crippen LogP contribution in [-0.2, 0) is 11.2 Å². The second kappa shape index (κ2) is 7.38. The third-order valence-electron chi connectivity index (χ3n) is 2.67. The van der Waals surface area contributed by atoms with E-state index in [1.807, 2.05) is 0 Å². The Labute approximate surface area is 132 Å². The highest BCUT2D eigenvalue weighted by atomic mass is 35.5. The largest absolute Gasteiger partial charge is 0.479 e. The number of halogens is 1. The fraction of sp³-hybridized carbons (Fsp3) is 0.357. The molecule has 1 heterocycles. The lowest BCUT2D eigenvalue weighted by molar-refractivity contribution is -0.122. The summed E-state index contributed by atoms with van der Waals surface area (Å²) in [6.07, 6.45) is 1.18. The van der Waals surface area contributed by atoms with E-state index in [0.717, 1.165) is 17.8 Å². The summed E-state index contributed by atoms with van der Waals surface area (Å²) in [4.78, 5) is 12.1. The van der Waals surface area contributed by atoms with E-state index < -0.39 is 6.10 Å². The zero-order chi connectivity index (χ0) is 15.2. The zero-order valence-electron chi connectivity index (χ0n) is 11.8. The van der Waals surface area contributed by atoms with Crippen molar-refractivity contribution in [1.82, 2.24) is 10.2 Å². The van der Waals surface area contributed by atoms with Gasteiger partial charge in [-0.2, -0.15) is 0 Å². The molecule has 1 atom stereocenters. The molecule has 0 fully saturated rings. The quantitative estimate of drug-likeness (QED) is 0.882. The van der Waals surface area contributed by atoms with E-state index in [-0.39, 0.29) is 5.91 Å². The molecule has 21 heavy (non-hydrogen) atoms. The minimum absolute atomic E-state index is 0.283. The maximum atomic E-state index is 12.1. The zero-order valence-corrected chi connectivity index (χ0v) is 13.4. The topological polar surface area (TPSA) is 64.1 Å². The van der Waals surface area contributed by atoms with Crippen molar-refractivity contribution >= 4 is 34.0 Å². The molecule has 5 nitrogen and oxygen atoms in total. The van der Waals surface area contributed by atoms with Gasteiger partial charge in [0.1, 0.15) is 10.8 Å². The van der Waals surface area contributed by atoms with Crippen molar-refractivity contribution in [2.75, 3.05) is 5.32 Å². The molecule has 2 aromatic rings. The number of rotatable bonds is 6. The van der Waals surface area contributed by atoms with E-state index in [9.17, 15) is 4.79 Å². The van der Waals surface area contributed by atoms with Gasteiger partial charge in [0, 0.05) is 6.42 Å². The molecular formula is C14H16ClN3O2S. The second-order valence-electron chi connectivity index (χ2n) is 4.43. The van der Waals surface area contributed by atoms with E-state index in [2.05, 4.69) is 22.4 Å². The van der Waals surface area contributed by atoms with Crippen molar-refractivity contribution in [2.45, 2.75) is 32.8 Å². The van der Waals surface area contributed by atoms with Crippen LogP contribution in [0.4, 0.5) is 5.13 Å². The van der Waals surface area contributed by atoms with Crippen LogP contribution in [0.5, 0.6) is 5.75 Å². The standard InChI is InChI=1S/C14H16ClN3O2S/c1-3-6-12-17-18-14(21-12)16-13(19)9(2)20-11-8-5-4-7-10(11)15/h4-5,7-9H,3,6H2,1-2H3,(H,16,18,19)/t9-/m0/s1. The Hall–Kier alpha value is -1.66. The molecule has 1 aromatic heterocycles. The highest BCUT2D eigenvalue weighted by Crippen LogP contribution is 2.24. The molecule has 0 bridgehead atoms. The smallest absolute Gasteiger partial charge is 0.266 e. The Balaban J connectivity index is 1.94. The molecule has 0 aliphatic carbocycles. The van der Waals surface area contributed by atoms with E-state index in [1.165, 1.54) is 11.3 Å². The molecule has 112 valence electrons. The number of nitrogens with zero attached hydrogens (tertiary/aromatic N) is 2. The molecule has 0 radical (unpaired) electrons. The number of carbonyl (C=O) groups is 1. The van der Waals surface area contributed by atoms with Gasteiger partial charge >= 0.3 is 0 Å². The normalized spacial score (nSPS) is 12.0. The molecule has 0 aliphatic rings. The first-order chi connectivity index (χ1) is 10.1. The first-order valence-corrected chi connectivity index (χ1v) is 7.84. The van der Waals surface area contributed by atoms with Gasteiger partial charge in [-0.05, 0) is 25.5 Å².